The van der Waals surface area contributed by atoms with Crippen LogP contribution < -0.4 is 15.2 Å². The van der Waals surface area contributed by atoms with Crippen molar-refractivity contribution < 1.29 is 8.95 Å². The third-order valence-corrected chi connectivity index (χ3v) is 8.55. The van der Waals surface area contributed by atoms with E-state index in [0.717, 1.165) is 36.9 Å². The monoisotopic (exact) mass is 526 g/mol. The second kappa shape index (κ2) is 11.6. The SMILES string of the molecule is O=c1c(OC2CCCC2)c(N2CCN(S(=O)CCc3cccc(Cl)c3)CC2)cnn1-c1ccccc1. The number of benzene rings is 2. The molecule has 0 radical (unpaired) electrons. The van der Waals surface area contributed by atoms with Crippen molar-refractivity contribution in [3.8, 4) is 11.4 Å². The fraction of sp³-hybridized carbons (Fsp3) is 0.407. The lowest BCUT2D eigenvalue weighted by Gasteiger charge is -2.35. The quantitative estimate of drug-likeness (QED) is 0.439. The highest BCUT2D eigenvalue weighted by Gasteiger charge is 2.27. The number of para-hydroxylation sites is 1. The van der Waals surface area contributed by atoms with E-state index in [4.69, 9.17) is 16.3 Å². The summed E-state index contributed by atoms with van der Waals surface area (Å²) in [6, 6.07) is 17.1. The van der Waals surface area contributed by atoms with E-state index in [9.17, 15) is 9.00 Å². The lowest BCUT2D eigenvalue weighted by Crippen LogP contribution is -2.48. The van der Waals surface area contributed by atoms with E-state index in [1.807, 2.05) is 58.9 Å². The Morgan fingerprint density at radius 3 is 2.47 bits per heavy atom. The van der Waals surface area contributed by atoms with Crippen LogP contribution >= 0.6 is 11.6 Å². The number of piperazine rings is 1. The van der Waals surface area contributed by atoms with Crippen LogP contribution in [0.3, 0.4) is 0 Å². The molecule has 7 nitrogen and oxygen atoms in total. The highest BCUT2D eigenvalue weighted by molar-refractivity contribution is 7.82. The summed E-state index contributed by atoms with van der Waals surface area (Å²) in [5.41, 5.74) is 2.29. The van der Waals surface area contributed by atoms with Crippen LogP contribution in [0.1, 0.15) is 31.2 Å². The van der Waals surface area contributed by atoms with Gasteiger partial charge in [0.1, 0.15) is 5.69 Å². The van der Waals surface area contributed by atoms with Gasteiger partial charge in [0.15, 0.2) is 0 Å². The predicted octanol–water partition coefficient (Wildman–Crippen LogP) is 4.24. The summed E-state index contributed by atoms with van der Waals surface area (Å²) in [6.07, 6.45) is 6.69. The molecule has 5 rings (SSSR count). The van der Waals surface area contributed by atoms with E-state index in [-0.39, 0.29) is 11.7 Å². The highest BCUT2D eigenvalue weighted by Crippen LogP contribution is 2.30. The zero-order valence-electron chi connectivity index (χ0n) is 20.2. The molecule has 1 aliphatic carbocycles. The van der Waals surface area contributed by atoms with Gasteiger partial charge in [-0.15, -0.1) is 0 Å². The smallest absolute Gasteiger partial charge is 0.316 e. The van der Waals surface area contributed by atoms with Crippen LogP contribution in [-0.4, -0.2) is 56.3 Å². The number of aromatic nitrogens is 2. The molecule has 190 valence electrons. The number of nitrogens with zero attached hydrogens (tertiary/aromatic N) is 4. The molecule has 1 aliphatic heterocycles. The van der Waals surface area contributed by atoms with Crippen molar-refractivity contribution in [3.05, 3.63) is 81.7 Å². The summed E-state index contributed by atoms with van der Waals surface area (Å²) in [4.78, 5) is 15.7. The Hall–Kier alpha value is -2.68. The predicted molar refractivity (Wildman–Crippen MR) is 145 cm³/mol. The van der Waals surface area contributed by atoms with E-state index in [2.05, 4.69) is 10.00 Å². The summed E-state index contributed by atoms with van der Waals surface area (Å²) in [6.45, 7) is 2.60. The van der Waals surface area contributed by atoms with Gasteiger partial charge in [0, 0.05) is 37.0 Å². The van der Waals surface area contributed by atoms with Crippen molar-refractivity contribution in [2.24, 2.45) is 0 Å². The molecule has 2 aliphatic rings. The topological polar surface area (TPSA) is 67.7 Å². The van der Waals surface area contributed by atoms with E-state index < -0.39 is 11.0 Å². The number of aryl methyl sites for hydroxylation is 1. The first kappa shape index (κ1) is 25.0. The number of hydrogen-bond acceptors (Lipinski definition) is 5. The van der Waals surface area contributed by atoms with E-state index in [0.29, 0.717) is 54.8 Å². The van der Waals surface area contributed by atoms with Crippen molar-refractivity contribution in [1.29, 1.82) is 0 Å². The molecular weight excluding hydrogens is 496 g/mol. The first-order valence-electron chi connectivity index (χ1n) is 12.6. The van der Waals surface area contributed by atoms with Gasteiger partial charge in [-0.25, -0.2) is 8.51 Å². The highest BCUT2D eigenvalue weighted by atomic mass is 35.5. The Kier molecular flexibility index (Phi) is 8.04. The van der Waals surface area contributed by atoms with Gasteiger partial charge in [0.25, 0.3) is 0 Å². The number of hydrogen-bond donors (Lipinski definition) is 0. The van der Waals surface area contributed by atoms with Gasteiger partial charge in [-0.3, -0.25) is 4.79 Å². The molecule has 2 fully saturated rings. The number of ether oxygens (including phenoxy) is 1. The van der Waals surface area contributed by atoms with Gasteiger partial charge < -0.3 is 9.64 Å². The summed E-state index contributed by atoms with van der Waals surface area (Å²) < 4.78 is 22.7. The molecule has 9 heteroatoms. The van der Waals surface area contributed by atoms with Crippen LogP contribution in [-0.2, 0) is 17.4 Å². The Bertz CT molecular complexity index is 1260. The molecule has 1 aromatic heterocycles. The first-order valence-corrected chi connectivity index (χ1v) is 14.2. The van der Waals surface area contributed by atoms with Crippen molar-refractivity contribution >= 4 is 28.3 Å². The Balaban J connectivity index is 1.29. The fourth-order valence-corrected chi connectivity index (χ4v) is 6.30. The number of anilines is 1. The fourth-order valence-electron chi connectivity index (χ4n) is 4.85. The van der Waals surface area contributed by atoms with E-state index in [1.54, 1.807) is 6.20 Å². The van der Waals surface area contributed by atoms with Crippen LogP contribution in [0.2, 0.25) is 5.02 Å². The molecule has 1 saturated heterocycles. The van der Waals surface area contributed by atoms with Gasteiger partial charge in [-0.1, -0.05) is 41.9 Å². The Labute approximate surface area is 219 Å². The van der Waals surface area contributed by atoms with Gasteiger partial charge in [0.2, 0.25) is 5.75 Å². The summed E-state index contributed by atoms with van der Waals surface area (Å²) in [7, 11) is -1.08. The molecule has 2 aromatic carbocycles. The first-order chi connectivity index (χ1) is 17.6. The molecule has 0 spiro atoms. The molecule has 36 heavy (non-hydrogen) atoms. The molecule has 0 N–H and O–H groups in total. The Morgan fingerprint density at radius 2 is 1.75 bits per heavy atom. The minimum atomic E-state index is -1.08. The maximum absolute atomic E-state index is 13.5. The standard InChI is InChI=1S/C27H31ClN4O3S/c28-22-8-6-7-21(19-22)13-18-36(34)31-16-14-30(15-17-31)25-20-29-32(23-9-2-1-3-10-23)27(33)26(25)35-24-11-4-5-12-24/h1-3,6-10,19-20,24H,4-5,11-18H2. The lowest BCUT2D eigenvalue weighted by molar-refractivity contribution is 0.205. The van der Waals surface area contributed by atoms with Gasteiger partial charge >= 0.3 is 5.56 Å². The maximum atomic E-state index is 13.5. The lowest BCUT2D eigenvalue weighted by atomic mass is 10.2. The second-order valence-corrected chi connectivity index (χ2v) is 11.3. The van der Waals surface area contributed by atoms with Gasteiger partial charge in [0.05, 0.1) is 29.0 Å². The number of halogens is 1. The largest absolute Gasteiger partial charge is 0.483 e. The minimum absolute atomic E-state index is 0.0587. The van der Waals surface area contributed by atoms with Gasteiger partial charge in [-0.2, -0.15) is 9.78 Å². The van der Waals surface area contributed by atoms with Crippen LogP contribution in [0.25, 0.3) is 5.69 Å². The van der Waals surface area contributed by atoms with Crippen LogP contribution in [0, 0.1) is 0 Å². The third kappa shape index (κ3) is 5.82. The van der Waals surface area contributed by atoms with Crippen LogP contribution in [0.15, 0.2) is 65.6 Å². The van der Waals surface area contributed by atoms with Crippen molar-refractivity contribution in [2.45, 2.75) is 38.2 Å². The molecule has 1 atom stereocenters. The normalized spacial score (nSPS) is 17.9. The zero-order valence-corrected chi connectivity index (χ0v) is 21.8. The summed E-state index contributed by atoms with van der Waals surface area (Å²) >= 11 is 6.07. The zero-order chi connectivity index (χ0) is 24.9. The molecule has 0 amide bonds. The van der Waals surface area contributed by atoms with Crippen molar-refractivity contribution in [1.82, 2.24) is 14.1 Å². The average Bonchev–Trinajstić information content (AvgIpc) is 3.42. The molecule has 3 aromatic rings. The van der Waals surface area contributed by atoms with Crippen LogP contribution in [0.4, 0.5) is 5.69 Å². The van der Waals surface area contributed by atoms with Crippen molar-refractivity contribution in [2.75, 3.05) is 36.8 Å². The van der Waals surface area contributed by atoms with E-state index in [1.165, 1.54) is 4.68 Å². The third-order valence-electron chi connectivity index (χ3n) is 6.82. The molecule has 1 unspecified atom stereocenters. The molecule has 0 bridgehead atoms. The molecular formula is C27H31ClN4O3S. The molecule has 2 heterocycles. The summed E-state index contributed by atoms with van der Waals surface area (Å²) in [5, 5.41) is 5.18. The number of rotatable bonds is 8. The van der Waals surface area contributed by atoms with Gasteiger partial charge in [-0.05, 0) is 61.9 Å². The second-order valence-electron chi connectivity index (χ2n) is 9.26. The van der Waals surface area contributed by atoms with Crippen LogP contribution in [0.5, 0.6) is 5.75 Å². The molecule has 1 saturated carbocycles. The van der Waals surface area contributed by atoms with Crippen molar-refractivity contribution in [3.63, 3.8) is 0 Å². The summed E-state index contributed by atoms with van der Waals surface area (Å²) in [5.74, 6) is 0.932. The Morgan fingerprint density at radius 1 is 1.00 bits per heavy atom. The minimum Gasteiger partial charge on any atom is -0.483 e. The van der Waals surface area contributed by atoms with E-state index >= 15 is 0 Å². The maximum Gasteiger partial charge on any atom is 0.316 e. The average molecular weight is 527 g/mol.